The molecule has 2 rings (SSSR count). The van der Waals surface area contributed by atoms with E-state index in [-0.39, 0.29) is 34.7 Å². The molecule has 0 atom stereocenters. The Morgan fingerprint density at radius 2 is 1.88 bits per heavy atom. The van der Waals surface area contributed by atoms with Gasteiger partial charge in [0.2, 0.25) is 11.8 Å². The highest BCUT2D eigenvalue weighted by molar-refractivity contribution is 7.99. The zero-order valence-corrected chi connectivity index (χ0v) is 14.7. The third-order valence-corrected chi connectivity index (χ3v) is 4.00. The number of thioether (sulfide) groups is 1. The topological polar surface area (TPSA) is 147 Å². The number of hydrogen-bond donors (Lipinski definition) is 4. The summed E-state index contributed by atoms with van der Waals surface area (Å²) < 4.78 is 0. The fourth-order valence-electron chi connectivity index (χ4n) is 1.86. The number of rotatable bonds is 7. The van der Waals surface area contributed by atoms with Crippen LogP contribution in [0.4, 0.5) is 11.5 Å². The number of nitrogens with two attached hydrogens (primary N) is 1. The molecule has 1 aromatic carbocycles. The highest BCUT2D eigenvalue weighted by Crippen LogP contribution is 2.20. The number of aromatic amines is 1. The Hall–Kier alpha value is -3.14. The lowest BCUT2D eigenvalue weighted by Gasteiger charge is -2.11. The van der Waals surface area contributed by atoms with Crippen molar-refractivity contribution in [3.8, 4) is 0 Å². The second-order valence-electron chi connectivity index (χ2n) is 5.07. The van der Waals surface area contributed by atoms with Crippen molar-refractivity contribution in [1.29, 1.82) is 0 Å². The molecule has 0 bridgehead atoms. The first kappa shape index (κ1) is 19.2. The summed E-state index contributed by atoms with van der Waals surface area (Å²) in [5, 5.41) is 5.02. The van der Waals surface area contributed by atoms with Crippen molar-refractivity contribution in [2.45, 2.75) is 18.5 Å². The molecule has 3 amide bonds. The molecule has 0 unspecified atom stereocenters. The zero-order valence-electron chi connectivity index (χ0n) is 13.9. The molecule has 0 spiro atoms. The van der Waals surface area contributed by atoms with Crippen LogP contribution < -0.4 is 21.9 Å². The van der Waals surface area contributed by atoms with Gasteiger partial charge in [-0.25, -0.2) is 4.98 Å². The standard InChI is InChI=1S/C16H17N5O4S/c1-2-11(23)18-13-12(19-14(24)9-6-4-3-5-7-9)15(25)21-16(20-13)26-8-10(17)22/h3-7H,2,8H2,1H3,(H2,17,22)(H,19,24)(H2,18,20,21,23,25). The van der Waals surface area contributed by atoms with Crippen molar-refractivity contribution >= 4 is 41.0 Å². The molecule has 10 heteroatoms. The number of carbonyl (C=O) groups is 3. The van der Waals surface area contributed by atoms with Gasteiger partial charge in [0.15, 0.2) is 16.7 Å². The highest BCUT2D eigenvalue weighted by Gasteiger charge is 2.17. The summed E-state index contributed by atoms with van der Waals surface area (Å²) in [6.45, 7) is 1.63. The predicted octanol–water partition coefficient (Wildman–Crippen LogP) is 0.948. The van der Waals surface area contributed by atoms with Crippen LogP contribution >= 0.6 is 11.8 Å². The van der Waals surface area contributed by atoms with Crippen molar-refractivity contribution in [2.75, 3.05) is 16.4 Å². The number of anilines is 2. The van der Waals surface area contributed by atoms with Crippen LogP contribution in [0.25, 0.3) is 0 Å². The summed E-state index contributed by atoms with van der Waals surface area (Å²) >= 11 is 0.910. The molecule has 0 aliphatic rings. The van der Waals surface area contributed by atoms with Crippen molar-refractivity contribution in [3.05, 3.63) is 46.2 Å². The van der Waals surface area contributed by atoms with E-state index in [9.17, 15) is 19.2 Å². The maximum atomic E-state index is 12.4. The Bertz CT molecular complexity index is 882. The summed E-state index contributed by atoms with van der Waals surface area (Å²) in [5.41, 5.74) is 4.56. The van der Waals surface area contributed by atoms with E-state index < -0.39 is 17.4 Å². The summed E-state index contributed by atoms with van der Waals surface area (Å²) in [7, 11) is 0. The monoisotopic (exact) mass is 375 g/mol. The molecular formula is C16H17N5O4S. The average molecular weight is 375 g/mol. The summed E-state index contributed by atoms with van der Waals surface area (Å²) in [6.07, 6.45) is 0.157. The van der Waals surface area contributed by atoms with E-state index >= 15 is 0 Å². The number of carbonyl (C=O) groups excluding carboxylic acids is 3. The third kappa shape index (κ3) is 5.18. The number of H-pyrrole nitrogens is 1. The minimum atomic E-state index is -0.664. The SMILES string of the molecule is CCC(=O)Nc1nc(SCC(N)=O)[nH]c(=O)c1NC(=O)c1ccccc1. The smallest absolute Gasteiger partial charge is 0.277 e. The molecule has 9 nitrogen and oxygen atoms in total. The van der Waals surface area contributed by atoms with E-state index in [0.29, 0.717) is 5.56 Å². The lowest BCUT2D eigenvalue weighted by molar-refractivity contribution is -0.116. The molecule has 0 aliphatic carbocycles. The Kier molecular flexibility index (Phi) is 6.50. The number of nitrogens with one attached hydrogen (secondary N) is 3. The molecule has 1 aromatic heterocycles. The van der Waals surface area contributed by atoms with Gasteiger partial charge < -0.3 is 16.4 Å². The molecule has 0 fully saturated rings. The first-order chi connectivity index (χ1) is 12.4. The third-order valence-electron chi connectivity index (χ3n) is 3.10. The molecule has 0 radical (unpaired) electrons. The predicted molar refractivity (Wildman–Crippen MR) is 98.1 cm³/mol. The second kappa shape index (κ2) is 8.81. The fraction of sp³-hybridized carbons (Fsp3) is 0.188. The van der Waals surface area contributed by atoms with Gasteiger partial charge in [0.05, 0.1) is 5.75 Å². The van der Waals surface area contributed by atoms with Crippen LogP contribution in [0, 0.1) is 0 Å². The molecule has 26 heavy (non-hydrogen) atoms. The first-order valence-electron chi connectivity index (χ1n) is 7.62. The van der Waals surface area contributed by atoms with Gasteiger partial charge in [-0.2, -0.15) is 0 Å². The van der Waals surface area contributed by atoms with Gasteiger partial charge in [-0.15, -0.1) is 0 Å². The van der Waals surface area contributed by atoms with Crippen molar-refractivity contribution in [1.82, 2.24) is 9.97 Å². The van der Waals surface area contributed by atoms with E-state index in [4.69, 9.17) is 5.73 Å². The van der Waals surface area contributed by atoms with Crippen LogP contribution in [0.15, 0.2) is 40.3 Å². The number of primary amides is 1. The molecule has 1 heterocycles. The number of nitrogens with zero attached hydrogens (tertiary/aromatic N) is 1. The van der Waals surface area contributed by atoms with Gasteiger partial charge in [0, 0.05) is 12.0 Å². The summed E-state index contributed by atoms with van der Waals surface area (Å²) in [5.74, 6) is -1.69. The van der Waals surface area contributed by atoms with Crippen molar-refractivity contribution < 1.29 is 14.4 Å². The zero-order chi connectivity index (χ0) is 19.1. The number of benzene rings is 1. The van der Waals surface area contributed by atoms with Crippen LogP contribution in [0.3, 0.4) is 0 Å². The van der Waals surface area contributed by atoms with Crippen LogP contribution in [0.2, 0.25) is 0 Å². The lowest BCUT2D eigenvalue weighted by atomic mass is 10.2. The van der Waals surface area contributed by atoms with Gasteiger partial charge in [-0.3, -0.25) is 24.2 Å². The van der Waals surface area contributed by atoms with Gasteiger partial charge in [-0.05, 0) is 12.1 Å². The molecule has 0 saturated heterocycles. The number of hydrogen-bond acceptors (Lipinski definition) is 6. The van der Waals surface area contributed by atoms with Crippen LogP contribution in [0.1, 0.15) is 23.7 Å². The van der Waals surface area contributed by atoms with Crippen molar-refractivity contribution in [2.24, 2.45) is 5.73 Å². The van der Waals surface area contributed by atoms with Gasteiger partial charge in [0.25, 0.3) is 11.5 Å². The summed E-state index contributed by atoms with van der Waals surface area (Å²) in [4.78, 5) is 53.8. The Morgan fingerprint density at radius 1 is 1.19 bits per heavy atom. The molecule has 5 N–H and O–H groups in total. The largest absolute Gasteiger partial charge is 0.369 e. The summed E-state index contributed by atoms with van der Waals surface area (Å²) in [6, 6.07) is 8.28. The fourth-order valence-corrected chi connectivity index (χ4v) is 2.46. The Balaban J connectivity index is 2.36. The number of aromatic nitrogens is 2. The van der Waals surface area contributed by atoms with Gasteiger partial charge in [0.1, 0.15) is 0 Å². The minimum absolute atomic E-state index is 0.0953. The maximum Gasteiger partial charge on any atom is 0.277 e. The van der Waals surface area contributed by atoms with E-state index in [1.54, 1.807) is 37.3 Å². The van der Waals surface area contributed by atoms with Crippen LogP contribution in [0.5, 0.6) is 0 Å². The first-order valence-corrected chi connectivity index (χ1v) is 8.61. The average Bonchev–Trinajstić information content (AvgIpc) is 2.63. The lowest BCUT2D eigenvalue weighted by Crippen LogP contribution is -2.25. The van der Waals surface area contributed by atoms with E-state index in [1.165, 1.54) is 0 Å². The van der Waals surface area contributed by atoms with Gasteiger partial charge in [-0.1, -0.05) is 36.9 Å². The van der Waals surface area contributed by atoms with E-state index in [1.807, 2.05) is 0 Å². The molecular weight excluding hydrogens is 358 g/mol. The second-order valence-corrected chi connectivity index (χ2v) is 6.04. The molecule has 136 valence electrons. The highest BCUT2D eigenvalue weighted by atomic mass is 32.2. The van der Waals surface area contributed by atoms with Gasteiger partial charge >= 0.3 is 0 Å². The van der Waals surface area contributed by atoms with Crippen LogP contribution in [-0.2, 0) is 9.59 Å². The molecule has 0 saturated carbocycles. The maximum absolute atomic E-state index is 12.4. The molecule has 0 aliphatic heterocycles. The Morgan fingerprint density at radius 3 is 2.50 bits per heavy atom. The quantitative estimate of drug-likeness (QED) is 0.418. The molecule has 2 aromatic rings. The van der Waals surface area contributed by atoms with Crippen LogP contribution in [-0.4, -0.2) is 33.4 Å². The normalized spacial score (nSPS) is 10.2. The minimum Gasteiger partial charge on any atom is -0.369 e. The Labute approximate surface area is 152 Å². The van der Waals surface area contributed by atoms with E-state index in [2.05, 4.69) is 20.6 Å². The van der Waals surface area contributed by atoms with Crippen molar-refractivity contribution in [3.63, 3.8) is 0 Å². The van der Waals surface area contributed by atoms with E-state index in [0.717, 1.165) is 11.8 Å². The number of amides is 3.